The fraction of sp³-hybridized carbons (Fsp3) is 0.179. The van der Waals surface area contributed by atoms with Crippen LogP contribution in [0.1, 0.15) is 22.8 Å². The van der Waals surface area contributed by atoms with Crippen LogP contribution in [-0.4, -0.2) is 36.3 Å². The monoisotopic (exact) mass is 533 g/mol. The minimum atomic E-state index is -0.382. The van der Waals surface area contributed by atoms with Crippen LogP contribution in [0.4, 0.5) is 10.8 Å². The Morgan fingerprint density at radius 2 is 1.62 bits per heavy atom. The number of carbonyl (C=O) groups is 2. The van der Waals surface area contributed by atoms with Gasteiger partial charge in [-0.05, 0) is 44.2 Å². The Kier molecular flexibility index (Phi) is 8.47. The first kappa shape index (κ1) is 26.2. The summed E-state index contributed by atoms with van der Waals surface area (Å²) in [6.45, 7) is 3.87. The predicted octanol–water partition coefficient (Wildman–Crippen LogP) is 6.51. The third-order valence-corrected chi connectivity index (χ3v) is 7.36. The van der Waals surface area contributed by atoms with Crippen molar-refractivity contribution in [1.29, 1.82) is 0 Å². The van der Waals surface area contributed by atoms with Gasteiger partial charge in [0.05, 0.1) is 25.2 Å². The van der Waals surface area contributed by atoms with Crippen LogP contribution in [0.25, 0.3) is 11.3 Å². The average Bonchev–Trinajstić information content (AvgIpc) is 3.37. The molecule has 0 saturated carbocycles. The normalized spacial score (nSPS) is 11.5. The molecule has 2 amide bonds. The van der Waals surface area contributed by atoms with Gasteiger partial charge in [-0.1, -0.05) is 42.0 Å². The van der Waals surface area contributed by atoms with Crippen LogP contribution in [0, 0.1) is 6.92 Å². The topological polar surface area (TPSA) is 89.5 Å². The standard InChI is InChI=1S/C28H27N3O4S2/c1-17-11-13-19(14-12-17)22-16-36-28(30-22)31-26(32)18(2)37-21-8-5-7-20(15-21)29-27(33)25-23(34-3)9-6-10-24(25)35-4/h5-16,18H,1-4H3,(H,29,33)(H,30,31,32). The zero-order valence-electron chi connectivity index (χ0n) is 20.9. The second kappa shape index (κ2) is 11.9. The number of benzene rings is 3. The second-order valence-corrected chi connectivity index (χ2v) is 10.4. The molecule has 190 valence electrons. The fourth-order valence-corrected chi connectivity index (χ4v) is 5.22. The molecule has 2 N–H and O–H groups in total. The Bertz CT molecular complexity index is 1380. The van der Waals surface area contributed by atoms with Gasteiger partial charge >= 0.3 is 0 Å². The molecule has 1 atom stereocenters. The number of carbonyl (C=O) groups excluding carboxylic acids is 2. The molecule has 0 aliphatic carbocycles. The summed E-state index contributed by atoms with van der Waals surface area (Å²) in [5, 5.41) is 7.90. The third-order valence-electron chi connectivity index (χ3n) is 5.51. The fourth-order valence-electron chi connectivity index (χ4n) is 3.57. The van der Waals surface area contributed by atoms with E-state index in [1.807, 2.05) is 61.7 Å². The number of methoxy groups -OCH3 is 2. The number of nitrogens with zero attached hydrogens (tertiary/aromatic N) is 1. The number of thioether (sulfide) groups is 1. The molecule has 0 saturated heterocycles. The molecule has 37 heavy (non-hydrogen) atoms. The number of ether oxygens (including phenoxy) is 2. The molecule has 1 heterocycles. The summed E-state index contributed by atoms with van der Waals surface area (Å²) in [5.41, 5.74) is 3.93. The lowest BCUT2D eigenvalue weighted by molar-refractivity contribution is -0.115. The third kappa shape index (κ3) is 6.49. The number of thiazole rings is 1. The predicted molar refractivity (Wildman–Crippen MR) is 150 cm³/mol. The summed E-state index contributed by atoms with van der Waals surface area (Å²) in [7, 11) is 3.01. The maximum Gasteiger partial charge on any atom is 0.263 e. The largest absolute Gasteiger partial charge is 0.496 e. The van der Waals surface area contributed by atoms with Gasteiger partial charge in [0, 0.05) is 21.5 Å². The summed E-state index contributed by atoms with van der Waals surface area (Å²) in [5.74, 6) is 0.333. The van der Waals surface area contributed by atoms with Gasteiger partial charge in [-0.2, -0.15) is 0 Å². The van der Waals surface area contributed by atoms with Gasteiger partial charge in [0.1, 0.15) is 17.1 Å². The van der Waals surface area contributed by atoms with Crippen molar-refractivity contribution < 1.29 is 19.1 Å². The van der Waals surface area contributed by atoms with Gasteiger partial charge in [0.15, 0.2) is 5.13 Å². The van der Waals surface area contributed by atoms with Crippen molar-refractivity contribution in [2.75, 3.05) is 24.9 Å². The van der Waals surface area contributed by atoms with Crippen LogP contribution in [-0.2, 0) is 4.79 Å². The van der Waals surface area contributed by atoms with Crippen LogP contribution in [0.2, 0.25) is 0 Å². The lowest BCUT2D eigenvalue weighted by atomic mass is 10.1. The quantitative estimate of drug-likeness (QED) is 0.239. The number of aryl methyl sites for hydroxylation is 1. The highest BCUT2D eigenvalue weighted by Gasteiger charge is 2.20. The van der Waals surface area contributed by atoms with Crippen molar-refractivity contribution in [3.8, 4) is 22.8 Å². The maximum absolute atomic E-state index is 13.0. The van der Waals surface area contributed by atoms with Gasteiger partial charge in [-0.3, -0.25) is 9.59 Å². The molecule has 4 aromatic rings. The first-order chi connectivity index (χ1) is 17.9. The molecule has 0 spiro atoms. The number of rotatable bonds is 9. The first-order valence-corrected chi connectivity index (χ1v) is 13.3. The summed E-state index contributed by atoms with van der Waals surface area (Å²) in [6, 6.07) is 20.6. The van der Waals surface area contributed by atoms with Crippen LogP contribution < -0.4 is 20.1 Å². The van der Waals surface area contributed by atoms with E-state index in [-0.39, 0.29) is 17.1 Å². The zero-order chi connectivity index (χ0) is 26.4. The van der Waals surface area contributed by atoms with Crippen molar-refractivity contribution in [2.45, 2.75) is 24.0 Å². The van der Waals surface area contributed by atoms with E-state index in [0.717, 1.165) is 16.2 Å². The smallest absolute Gasteiger partial charge is 0.263 e. The van der Waals surface area contributed by atoms with Crippen LogP contribution in [0.5, 0.6) is 11.5 Å². The molecule has 0 fully saturated rings. The van der Waals surface area contributed by atoms with E-state index in [1.54, 1.807) is 24.3 Å². The number of aromatic nitrogens is 1. The van der Waals surface area contributed by atoms with Crippen LogP contribution in [0.3, 0.4) is 0 Å². The number of hydrogen-bond acceptors (Lipinski definition) is 7. The van der Waals surface area contributed by atoms with Crippen LogP contribution >= 0.6 is 23.1 Å². The maximum atomic E-state index is 13.0. The lowest BCUT2D eigenvalue weighted by Crippen LogP contribution is -2.22. The molecule has 1 aromatic heterocycles. The number of anilines is 2. The number of amides is 2. The van der Waals surface area contributed by atoms with E-state index in [1.165, 1.54) is 42.9 Å². The van der Waals surface area contributed by atoms with E-state index in [0.29, 0.717) is 27.9 Å². The highest BCUT2D eigenvalue weighted by Crippen LogP contribution is 2.31. The van der Waals surface area contributed by atoms with Gasteiger partial charge < -0.3 is 20.1 Å². The molecule has 9 heteroatoms. The van der Waals surface area contributed by atoms with Gasteiger partial charge in [0.2, 0.25) is 5.91 Å². The van der Waals surface area contributed by atoms with E-state index < -0.39 is 0 Å². The van der Waals surface area contributed by atoms with E-state index in [9.17, 15) is 9.59 Å². The van der Waals surface area contributed by atoms with Crippen molar-refractivity contribution in [3.63, 3.8) is 0 Å². The molecule has 0 bridgehead atoms. The number of hydrogen-bond donors (Lipinski definition) is 2. The molecule has 0 aliphatic heterocycles. The minimum Gasteiger partial charge on any atom is -0.496 e. The lowest BCUT2D eigenvalue weighted by Gasteiger charge is -2.14. The highest BCUT2D eigenvalue weighted by molar-refractivity contribution is 8.00. The van der Waals surface area contributed by atoms with Crippen molar-refractivity contribution >= 4 is 45.7 Å². The van der Waals surface area contributed by atoms with E-state index in [2.05, 4.69) is 15.6 Å². The zero-order valence-corrected chi connectivity index (χ0v) is 22.5. The Hall–Kier alpha value is -3.82. The van der Waals surface area contributed by atoms with E-state index >= 15 is 0 Å². The SMILES string of the molecule is COc1cccc(OC)c1C(=O)Nc1cccc(SC(C)C(=O)Nc2nc(-c3ccc(C)cc3)cs2)c1. The molecular weight excluding hydrogens is 506 g/mol. The van der Waals surface area contributed by atoms with Crippen molar-refractivity contribution in [2.24, 2.45) is 0 Å². The molecule has 4 rings (SSSR count). The second-order valence-electron chi connectivity index (χ2n) is 8.17. The van der Waals surface area contributed by atoms with Crippen LogP contribution in [0.15, 0.2) is 77.0 Å². The summed E-state index contributed by atoms with van der Waals surface area (Å²) >= 11 is 2.79. The average molecular weight is 534 g/mol. The van der Waals surface area contributed by atoms with Gasteiger partial charge in [-0.25, -0.2) is 4.98 Å². The summed E-state index contributed by atoms with van der Waals surface area (Å²) in [4.78, 5) is 31.2. The molecule has 1 unspecified atom stereocenters. The van der Waals surface area contributed by atoms with Gasteiger partial charge in [0.25, 0.3) is 5.91 Å². The molecule has 0 radical (unpaired) electrons. The van der Waals surface area contributed by atoms with Gasteiger partial charge in [-0.15, -0.1) is 23.1 Å². The van der Waals surface area contributed by atoms with Crippen molar-refractivity contribution in [1.82, 2.24) is 4.98 Å². The minimum absolute atomic E-state index is 0.150. The first-order valence-electron chi connectivity index (χ1n) is 11.5. The highest BCUT2D eigenvalue weighted by atomic mass is 32.2. The Balaban J connectivity index is 1.39. The summed E-state index contributed by atoms with van der Waals surface area (Å²) in [6.07, 6.45) is 0. The Labute approximate surface area is 224 Å². The Morgan fingerprint density at radius 1 is 0.946 bits per heavy atom. The van der Waals surface area contributed by atoms with E-state index in [4.69, 9.17) is 9.47 Å². The summed E-state index contributed by atoms with van der Waals surface area (Å²) < 4.78 is 10.7. The molecule has 7 nitrogen and oxygen atoms in total. The molecule has 0 aliphatic rings. The Morgan fingerprint density at radius 3 is 2.30 bits per heavy atom. The molecule has 3 aromatic carbocycles. The number of nitrogens with one attached hydrogen (secondary N) is 2. The van der Waals surface area contributed by atoms with Crippen molar-refractivity contribution in [3.05, 3.63) is 83.2 Å². The molecular formula is C28H27N3O4S2.